The van der Waals surface area contributed by atoms with Gasteiger partial charge >= 0.3 is 0 Å². The number of halogens is 1. The van der Waals surface area contributed by atoms with Gasteiger partial charge in [0.25, 0.3) is 5.69 Å². The fourth-order valence-electron chi connectivity index (χ4n) is 2.00. The molecule has 0 aliphatic rings. The quantitative estimate of drug-likeness (QED) is 0.599. The zero-order valence-corrected chi connectivity index (χ0v) is 13.2. The van der Waals surface area contributed by atoms with E-state index in [4.69, 9.17) is 0 Å². The molecule has 0 aliphatic heterocycles. The molecule has 2 aromatic rings. The monoisotopic (exact) mass is 338 g/mol. The first-order valence-corrected chi connectivity index (χ1v) is 8.31. The zero-order chi connectivity index (χ0) is 17.0. The summed E-state index contributed by atoms with van der Waals surface area (Å²) in [7, 11) is -2.30. The normalized spacial score (nSPS) is 11.6. The molecule has 0 saturated carbocycles. The van der Waals surface area contributed by atoms with E-state index in [2.05, 4.69) is 0 Å². The molecule has 2 rings (SSSR count). The van der Waals surface area contributed by atoms with Crippen LogP contribution in [0, 0.1) is 15.9 Å². The van der Waals surface area contributed by atoms with E-state index in [1.807, 2.05) is 0 Å². The molecule has 0 bridgehead atoms. The molecule has 0 amide bonds. The minimum atomic E-state index is -3.66. The Bertz CT molecular complexity index is 806. The van der Waals surface area contributed by atoms with E-state index in [1.165, 1.54) is 49.5 Å². The van der Waals surface area contributed by atoms with Crippen LogP contribution in [0.3, 0.4) is 0 Å². The summed E-state index contributed by atoms with van der Waals surface area (Å²) in [5.41, 5.74) is 0.601. The number of nitrogens with zero attached hydrogens (tertiary/aromatic N) is 2. The predicted molar refractivity (Wildman–Crippen MR) is 83.6 cm³/mol. The van der Waals surface area contributed by atoms with Crippen LogP contribution in [0.5, 0.6) is 0 Å². The van der Waals surface area contributed by atoms with E-state index in [0.717, 1.165) is 4.31 Å². The van der Waals surface area contributed by atoms with Gasteiger partial charge in [0.15, 0.2) is 0 Å². The number of benzene rings is 2. The van der Waals surface area contributed by atoms with E-state index >= 15 is 0 Å². The second-order valence-corrected chi connectivity index (χ2v) is 7.10. The average Bonchev–Trinajstić information content (AvgIpc) is 2.49. The van der Waals surface area contributed by atoms with Crippen molar-refractivity contribution in [2.45, 2.75) is 12.3 Å². The Morgan fingerprint density at radius 2 is 1.74 bits per heavy atom. The van der Waals surface area contributed by atoms with Gasteiger partial charge in [-0.05, 0) is 11.6 Å². The van der Waals surface area contributed by atoms with Crippen molar-refractivity contribution in [3.8, 4) is 0 Å². The molecule has 0 fully saturated rings. The number of nitro groups is 1. The molecule has 6 nitrogen and oxygen atoms in total. The van der Waals surface area contributed by atoms with Crippen molar-refractivity contribution in [2.75, 3.05) is 7.05 Å². The van der Waals surface area contributed by atoms with Crippen molar-refractivity contribution >= 4 is 15.7 Å². The van der Waals surface area contributed by atoms with Gasteiger partial charge in [-0.2, -0.15) is 0 Å². The first-order valence-electron chi connectivity index (χ1n) is 6.70. The molecule has 0 unspecified atom stereocenters. The lowest BCUT2D eigenvalue weighted by atomic mass is 10.2. The van der Waals surface area contributed by atoms with Gasteiger partial charge in [-0.15, -0.1) is 0 Å². The summed E-state index contributed by atoms with van der Waals surface area (Å²) in [5.74, 6) is -0.777. The molecule has 2 aromatic carbocycles. The molecule has 0 radical (unpaired) electrons. The molecule has 0 spiro atoms. The van der Waals surface area contributed by atoms with Crippen LogP contribution >= 0.6 is 0 Å². The van der Waals surface area contributed by atoms with Crippen LogP contribution in [0.2, 0.25) is 0 Å². The third-order valence-electron chi connectivity index (χ3n) is 3.32. The Balaban J connectivity index is 2.11. The molecule has 0 aromatic heterocycles. The van der Waals surface area contributed by atoms with Crippen LogP contribution < -0.4 is 0 Å². The summed E-state index contributed by atoms with van der Waals surface area (Å²) in [6, 6.07) is 11.3. The van der Waals surface area contributed by atoms with Gasteiger partial charge in [-0.1, -0.05) is 30.3 Å². The zero-order valence-electron chi connectivity index (χ0n) is 12.3. The highest BCUT2D eigenvalue weighted by molar-refractivity contribution is 7.88. The van der Waals surface area contributed by atoms with E-state index in [-0.39, 0.29) is 23.5 Å². The minimum Gasteiger partial charge on any atom is -0.258 e. The van der Waals surface area contributed by atoms with Gasteiger partial charge in [-0.25, -0.2) is 17.1 Å². The Morgan fingerprint density at radius 1 is 1.13 bits per heavy atom. The van der Waals surface area contributed by atoms with Crippen molar-refractivity contribution in [3.63, 3.8) is 0 Å². The van der Waals surface area contributed by atoms with E-state index in [9.17, 15) is 22.9 Å². The summed E-state index contributed by atoms with van der Waals surface area (Å²) in [6.07, 6.45) is 0. The maximum absolute atomic E-state index is 13.6. The molecule has 0 atom stereocenters. The number of non-ortho nitro benzene ring substituents is 1. The number of nitro benzene ring substituents is 1. The van der Waals surface area contributed by atoms with Crippen LogP contribution in [0.15, 0.2) is 48.5 Å². The van der Waals surface area contributed by atoms with Gasteiger partial charge in [0, 0.05) is 31.3 Å². The maximum Gasteiger partial charge on any atom is 0.269 e. The lowest BCUT2D eigenvalue weighted by Gasteiger charge is -2.17. The molecule has 0 N–H and O–H groups in total. The van der Waals surface area contributed by atoms with Crippen LogP contribution in [-0.4, -0.2) is 24.7 Å². The van der Waals surface area contributed by atoms with Gasteiger partial charge in [0.05, 0.1) is 10.7 Å². The van der Waals surface area contributed by atoms with E-state index in [1.54, 1.807) is 6.07 Å². The molecule has 23 heavy (non-hydrogen) atoms. The number of sulfonamides is 1. The summed E-state index contributed by atoms with van der Waals surface area (Å²) in [4.78, 5) is 10.0. The summed E-state index contributed by atoms with van der Waals surface area (Å²) < 4.78 is 39.3. The Labute approximate surface area is 133 Å². The van der Waals surface area contributed by atoms with Crippen LogP contribution in [0.25, 0.3) is 0 Å². The maximum atomic E-state index is 13.6. The minimum absolute atomic E-state index is 0.0814. The summed E-state index contributed by atoms with van der Waals surface area (Å²) >= 11 is 0. The molecular formula is C15H15FN2O4S. The SMILES string of the molecule is CN(Cc1ccccc1F)S(=O)(=O)Cc1ccc([N+](=O)[O-])cc1. The molecule has 0 saturated heterocycles. The highest BCUT2D eigenvalue weighted by Crippen LogP contribution is 2.17. The standard InChI is InChI=1S/C15H15FN2O4S/c1-17(10-13-4-2-3-5-15(13)16)23(21,22)11-12-6-8-14(9-7-12)18(19)20/h2-9H,10-11H2,1H3. The second kappa shape index (κ2) is 6.84. The molecule has 122 valence electrons. The highest BCUT2D eigenvalue weighted by Gasteiger charge is 2.20. The first kappa shape index (κ1) is 17.0. The number of hydrogen-bond donors (Lipinski definition) is 0. The van der Waals surface area contributed by atoms with Crippen molar-refractivity contribution < 1.29 is 17.7 Å². The Morgan fingerprint density at radius 3 is 2.30 bits per heavy atom. The van der Waals surface area contributed by atoms with Crippen LogP contribution in [-0.2, 0) is 22.3 Å². The molecule has 0 aliphatic carbocycles. The third kappa shape index (κ3) is 4.33. The smallest absolute Gasteiger partial charge is 0.258 e. The fourth-order valence-corrected chi connectivity index (χ4v) is 3.17. The molecular weight excluding hydrogens is 323 g/mol. The van der Waals surface area contributed by atoms with Gasteiger partial charge in [0.1, 0.15) is 5.82 Å². The first-order chi connectivity index (χ1) is 10.8. The summed E-state index contributed by atoms with van der Waals surface area (Å²) in [5, 5.41) is 10.6. The lowest BCUT2D eigenvalue weighted by Crippen LogP contribution is -2.28. The number of rotatable bonds is 6. The van der Waals surface area contributed by atoms with E-state index < -0.39 is 20.8 Å². The largest absolute Gasteiger partial charge is 0.269 e. The van der Waals surface area contributed by atoms with Gasteiger partial charge < -0.3 is 0 Å². The Kier molecular flexibility index (Phi) is 5.07. The van der Waals surface area contributed by atoms with Crippen molar-refractivity contribution in [1.29, 1.82) is 0 Å². The Hall–Kier alpha value is -2.32. The molecule has 8 heteroatoms. The highest BCUT2D eigenvalue weighted by atomic mass is 32.2. The van der Waals surface area contributed by atoms with Crippen molar-refractivity contribution in [2.24, 2.45) is 0 Å². The topological polar surface area (TPSA) is 80.5 Å². The predicted octanol–water partition coefficient (Wildman–Crippen LogP) is 2.70. The number of hydrogen-bond acceptors (Lipinski definition) is 4. The van der Waals surface area contributed by atoms with Crippen LogP contribution in [0.4, 0.5) is 10.1 Å². The second-order valence-electron chi connectivity index (χ2n) is 5.03. The van der Waals surface area contributed by atoms with Crippen molar-refractivity contribution in [1.82, 2.24) is 4.31 Å². The average molecular weight is 338 g/mol. The summed E-state index contributed by atoms with van der Waals surface area (Å²) in [6.45, 7) is -0.0814. The molecule has 0 heterocycles. The van der Waals surface area contributed by atoms with Gasteiger partial charge in [0.2, 0.25) is 10.0 Å². The van der Waals surface area contributed by atoms with Crippen molar-refractivity contribution in [3.05, 3.63) is 75.6 Å². The lowest BCUT2D eigenvalue weighted by molar-refractivity contribution is -0.384. The van der Waals surface area contributed by atoms with Crippen LogP contribution in [0.1, 0.15) is 11.1 Å². The third-order valence-corrected chi connectivity index (χ3v) is 5.10. The van der Waals surface area contributed by atoms with Gasteiger partial charge in [-0.3, -0.25) is 10.1 Å². The fraction of sp³-hybridized carbons (Fsp3) is 0.200. The van der Waals surface area contributed by atoms with E-state index in [0.29, 0.717) is 5.56 Å².